The van der Waals surface area contributed by atoms with Gasteiger partial charge in [0, 0.05) is 32.2 Å². The summed E-state index contributed by atoms with van der Waals surface area (Å²) in [6.07, 6.45) is -0.336. The standard InChI is InChI=1S/C18H26F2N4O3/c1-18(2,3)27-17(25)24-9-7-23(8-10-24)16(21)22-6-11-26-13-4-5-14(19)15(20)12-13/h4-5,12H,6-11H2,1-3H3,(H2,21,22). The van der Waals surface area contributed by atoms with Crippen LogP contribution >= 0.6 is 0 Å². The highest BCUT2D eigenvalue weighted by atomic mass is 19.2. The monoisotopic (exact) mass is 384 g/mol. The molecule has 1 aliphatic rings. The number of guanidine groups is 1. The molecule has 0 bridgehead atoms. The largest absolute Gasteiger partial charge is 0.492 e. The summed E-state index contributed by atoms with van der Waals surface area (Å²) < 4.78 is 36.6. The van der Waals surface area contributed by atoms with E-state index in [-0.39, 0.29) is 25.0 Å². The first-order valence-corrected chi connectivity index (χ1v) is 8.76. The van der Waals surface area contributed by atoms with Crippen molar-refractivity contribution in [3.8, 4) is 5.75 Å². The van der Waals surface area contributed by atoms with Crippen LogP contribution < -0.4 is 10.5 Å². The van der Waals surface area contributed by atoms with E-state index in [0.29, 0.717) is 32.1 Å². The molecule has 1 fully saturated rings. The van der Waals surface area contributed by atoms with Crippen molar-refractivity contribution in [3.63, 3.8) is 0 Å². The zero-order valence-electron chi connectivity index (χ0n) is 15.9. The van der Waals surface area contributed by atoms with Crippen molar-refractivity contribution in [2.24, 2.45) is 10.7 Å². The lowest BCUT2D eigenvalue weighted by Gasteiger charge is -2.36. The number of amides is 1. The normalized spacial score (nSPS) is 15.7. The van der Waals surface area contributed by atoms with Crippen molar-refractivity contribution < 1.29 is 23.0 Å². The van der Waals surface area contributed by atoms with Gasteiger partial charge in [0.25, 0.3) is 0 Å². The lowest BCUT2D eigenvalue weighted by Crippen LogP contribution is -2.53. The van der Waals surface area contributed by atoms with Crippen molar-refractivity contribution >= 4 is 12.1 Å². The Balaban J connectivity index is 1.74. The molecule has 0 unspecified atom stereocenters. The minimum Gasteiger partial charge on any atom is -0.492 e. The molecule has 1 heterocycles. The van der Waals surface area contributed by atoms with Crippen molar-refractivity contribution in [2.75, 3.05) is 39.3 Å². The Morgan fingerprint density at radius 1 is 1.15 bits per heavy atom. The molecule has 0 aromatic heterocycles. The number of carbonyl (C=O) groups is 1. The second-order valence-corrected chi connectivity index (χ2v) is 7.12. The van der Waals surface area contributed by atoms with Gasteiger partial charge in [-0.25, -0.2) is 18.6 Å². The molecule has 0 spiro atoms. The van der Waals surface area contributed by atoms with E-state index in [9.17, 15) is 13.6 Å². The molecule has 2 rings (SSSR count). The Morgan fingerprint density at radius 2 is 1.78 bits per heavy atom. The fourth-order valence-electron chi connectivity index (χ4n) is 2.43. The molecule has 7 nitrogen and oxygen atoms in total. The van der Waals surface area contributed by atoms with E-state index in [2.05, 4.69) is 4.99 Å². The first-order chi connectivity index (χ1) is 12.7. The minimum absolute atomic E-state index is 0.184. The van der Waals surface area contributed by atoms with E-state index in [1.165, 1.54) is 6.07 Å². The molecule has 1 aromatic rings. The Hall–Kier alpha value is -2.58. The van der Waals surface area contributed by atoms with Crippen LogP contribution in [-0.2, 0) is 4.74 Å². The Bertz CT molecular complexity index is 684. The molecule has 1 amide bonds. The van der Waals surface area contributed by atoms with Gasteiger partial charge in [0.05, 0.1) is 6.54 Å². The molecule has 9 heteroatoms. The molecule has 150 valence electrons. The first kappa shape index (κ1) is 20.7. The Kier molecular flexibility index (Phi) is 6.81. The van der Waals surface area contributed by atoms with Gasteiger partial charge in [-0.1, -0.05) is 0 Å². The van der Waals surface area contributed by atoms with Gasteiger partial charge in [0.15, 0.2) is 17.6 Å². The van der Waals surface area contributed by atoms with E-state index >= 15 is 0 Å². The number of carbonyl (C=O) groups excluding carboxylic acids is 1. The van der Waals surface area contributed by atoms with E-state index in [4.69, 9.17) is 15.2 Å². The number of piperazine rings is 1. The smallest absolute Gasteiger partial charge is 0.410 e. The Morgan fingerprint density at radius 3 is 2.37 bits per heavy atom. The highest BCUT2D eigenvalue weighted by Gasteiger charge is 2.26. The number of aliphatic imine (C=N–C) groups is 1. The SMILES string of the molecule is CC(C)(C)OC(=O)N1CCN(C(N)=NCCOc2ccc(F)c(F)c2)CC1. The minimum atomic E-state index is -0.960. The van der Waals surface area contributed by atoms with Crippen molar-refractivity contribution in [1.82, 2.24) is 9.80 Å². The summed E-state index contributed by atoms with van der Waals surface area (Å²) in [5, 5.41) is 0. The lowest BCUT2D eigenvalue weighted by molar-refractivity contribution is 0.0186. The molecule has 0 aliphatic carbocycles. The fourth-order valence-corrected chi connectivity index (χ4v) is 2.43. The van der Waals surface area contributed by atoms with Crippen LogP contribution in [0.3, 0.4) is 0 Å². The van der Waals surface area contributed by atoms with E-state index in [1.54, 1.807) is 4.90 Å². The molecular formula is C18H26F2N4O3. The second-order valence-electron chi connectivity index (χ2n) is 7.12. The van der Waals surface area contributed by atoms with Gasteiger partial charge in [-0.05, 0) is 32.9 Å². The van der Waals surface area contributed by atoms with Crippen molar-refractivity contribution in [1.29, 1.82) is 0 Å². The van der Waals surface area contributed by atoms with Crippen LogP contribution in [0.15, 0.2) is 23.2 Å². The summed E-state index contributed by atoms with van der Waals surface area (Å²) in [5.74, 6) is -1.30. The van der Waals surface area contributed by atoms with Gasteiger partial charge >= 0.3 is 6.09 Å². The number of nitrogens with two attached hydrogens (primary N) is 1. The zero-order chi connectivity index (χ0) is 20.0. The number of nitrogens with zero attached hydrogens (tertiary/aromatic N) is 3. The quantitative estimate of drug-likeness (QED) is 0.489. The summed E-state index contributed by atoms with van der Waals surface area (Å²) in [6, 6.07) is 3.34. The molecule has 1 aromatic carbocycles. The van der Waals surface area contributed by atoms with Gasteiger partial charge < -0.3 is 25.0 Å². The number of halogens is 2. The Labute approximate surface area is 157 Å². The molecule has 0 atom stereocenters. The number of ether oxygens (including phenoxy) is 2. The first-order valence-electron chi connectivity index (χ1n) is 8.76. The molecule has 27 heavy (non-hydrogen) atoms. The average Bonchev–Trinajstić information content (AvgIpc) is 2.60. The number of benzene rings is 1. The zero-order valence-corrected chi connectivity index (χ0v) is 15.9. The summed E-state index contributed by atoms with van der Waals surface area (Å²) in [6.45, 7) is 8.04. The van der Waals surface area contributed by atoms with Crippen LogP contribution in [0.1, 0.15) is 20.8 Å². The highest BCUT2D eigenvalue weighted by Crippen LogP contribution is 2.15. The fraction of sp³-hybridized carbons (Fsp3) is 0.556. The summed E-state index contributed by atoms with van der Waals surface area (Å²) in [4.78, 5) is 19.8. The van der Waals surface area contributed by atoms with Gasteiger partial charge in [0.1, 0.15) is 18.0 Å². The van der Waals surface area contributed by atoms with Crippen LogP contribution in [0.25, 0.3) is 0 Å². The van der Waals surface area contributed by atoms with Gasteiger partial charge in [-0.15, -0.1) is 0 Å². The summed E-state index contributed by atoms with van der Waals surface area (Å²) >= 11 is 0. The molecular weight excluding hydrogens is 358 g/mol. The number of rotatable bonds is 4. The molecule has 0 radical (unpaired) electrons. The molecule has 2 N–H and O–H groups in total. The topological polar surface area (TPSA) is 80.4 Å². The highest BCUT2D eigenvalue weighted by molar-refractivity contribution is 5.78. The maximum atomic E-state index is 13.1. The molecule has 1 saturated heterocycles. The van der Waals surface area contributed by atoms with Crippen molar-refractivity contribution in [3.05, 3.63) is 29.8 Å². The predicted molar refractivity (Wildman–Crippen MR) is 97.7 cm³/mol. The third-order valence-electron chi connectivity index (χ3n) is 3.78. The number of hydrogen-bond donors (Lipinski definition) is 1. The van der Waals surface area contributed by atoms with Crippen LogP contribution in [0.5, 0.6) is 5.75 Å². The van der Waals surface area contributed by atoms with E-state index in [1.807, 2.05) is 25.7 Å². The van der Waals surface area contributed by atoms with Crippen molar-refractivity contribution in [2.45, 2.75) is 26.4 Å². The average molecular weight is 384 g/mol. The third-order valence-corrected chi connectivity index (χ3v) is 3.78. The summed E-state index contributed by atoms with van der Waals surface area (Å²) in [5.41, 5.74) is 5.45. The third kappa shape index (κ3) is 6.58. The van der Waals surface area contributed by atoms with Crippen LogP contribution in [0.4, 0.5) is 13.6 Å². The predicted octanol–water partition coefficient (Wildman–Crippen LogP) is 2.21. The van der Waals surface area contributed by atoms with Gasteiger partial charge in [0.2, 0.25) is 0 Å². The van der Waals surface area contributed by atoms with Gasteiger partial charge in [-0.2, -0.15) is 0 Å². The molecule has 1 aliphatic heterocycles. The summed E-state index contributed by atoms with van der Waals surface area (Å²) in [7, 11) is 0. The maximum absolute atomic E-state index is 13.1. The molecule has 0 saturated carbocycles. The lowest BCUT2D eigenvalue weighted by atomic mass is 10.2. The van der Waals surface area contributed by atoms with E-state index in [0.717, 1.165) is 12.1 Å². The number of hydrogen-bond acceptors (Lipinski definition) is 4. The van der Waals surface area contributed by atoms with Crippen LogP contribution in [-0.4, -0.2) is 66.8 Å². The second kappa shape index (κ2) is 8.88. The van der Waals surface area contributed by atoms with Gasteiger partial charge in [-0.3, -0.25) is 0 Å². The maximum Gasteiger partial charge on any atom is 0.410 e. The van der Waals surface area contributed by atoms with Crippen LogP contribution in [0, 0.1) is 11.6 Å². The van der Waals surface area contributed by atoms with Crippen LogP contribution in [0.2, 0.25) is 0 Å². The van der Waals surface area contributed by atoms with E-state index < -0.39 is 17.2 Å².